The molecule has 0 spiro atoms. The van der Waals surface area contributed by atoms with E-state index in [1.165, 1.54) is 16.4 Å². The van der Waals surface area contributed by atoms with Crippen molar-refractivity contribution in [1.82, 2.24) is 9.03 Å². The SMILES string of the molecule is N#Cc1ccc(S(=O)(=O)NCCN2CCCS2(=O)=O)o1. The van der Waals surface area contributed by atoms with E-state index in [4.69, 9.17) is 9.68 Å². The minimum atomic E-state index is -3.87. The first-order valence-corrected chi connectivity index (χ1v) is 8.92. The Morgan fingerprint density at radius 1 is 1.45 bits per heavy atom. The predicted molar refractivity (Wildman–Crippen MR) is 68.6 cm³/mol. The predicted octanol–water partition coefficient (Wildman–Crippen LogP) is -0.535. The number of hydrogen-bond acceptors (Lipinski definition) is 6. The van der Waals surface area contributed by atoms with Crippen LogP contribution >= 0.6 is 0 Å². The van der Waals surface area contributed by atoms with Crippen molar-refractivity contribution in [3.63, 3.8) is 0 Å². The summed E-state index contributed by atoms with van der Waals surface area (Å²) in [6.07, 6.45) is 0.554. The van der Waals surface area contributed by atoms with Crippen molar-refractivity contribution in [1.29, 1.82) is 5.26 Å². The van der Waals surface area contributed by atoms with Gasteiger partial charge in [0, 0.05) is 19.6 Å². The summed E-state index contributed by atoms with van der Waals surface area (Å²) in [5, 5.41) is 8.20. The fraction of sp³-hybridized carbons (Fsp3) is 0.500. The van der Waals surface area contributed by atoms with E-state index in [9.17, 15) is 16.8 Å². The standard InChI is InChI=1S/C10H13N3O5S2/c11-8-9-2-3-10(18-9)20(16,17)12-4-6-13-5-1-7-19(13,14)15/h2-3,12H,1,4-7H2. The maximum absolute atomic E-state index is 11.8. The second-order valence-electron chi connectivity index (χ2n) is 4.20. The molecule has 110 valence electrons. The van der Waals surface area contributed by atoms with Crippen LogP contribution in [0, 0.1) is 11.3 Å². The van der Waals surface area contributed by atoms with Crippen molar-refractivity contribution >= 4 is 20.0 Å². The van der Waals surface area contributed by atoms with Gasteiger partial charge in [-0.05, 0) is 18.6 Å². The van der Waals surface area contributed by atoms with E-state index in [1.54, 1.807) is 6.07 Å². The van der Waals surface area contributed by atoms with Gasteiger partial charge in [0.05, 0.1) is 5.75 Å². The topological polar surface area (TPSA) is 120 Å². The van der Waals surface area contributed by atoms with Gasteiger partial charge in [-0.25, -0.2) is 25.9 Å². The van der Waals surface area contributed by atoms with Gasteiger partial charge < -0.3 is 4.42 Å². The number of sulfonamides is 2. The molecule has 20 heavy (non-hydrogen) atoms. The Bertz CT molecular complexity index is 729. The van der Waals surface area contributed by atoms with Crippen LogP contribution in [0.25, 0.3) is 0 Å². The molecule has 0 amide bonds. The quantitative estimate of drug-likeness (QED) is 0.778. The molecule has 0 aliphatic carbocycles. The lowest BCUT2D eigenvalue weighted by Crippen LogP contribution is -2.35. The summed E-state index contributed by atoms with van der Waals surface area (Å²) in [6.45, 7) is 0.431. The molecular weight excluding hydrogens is 306 g/mol. The molecule has 1 fully saturated rings. The Morgan fingerprint density at radius 3 is 2.75 bits per heavy atom. The summed E-state index contributed by atoms with van der Waals surface area (Å²) in [5.41, 5.74) is 0. The summed E-state index contributed by atoms with van der Waals surface area (Å²) < 4.78 is 55.0. The molecule has 1 aliphatic rings. The summed E-state index contributed by atoms with van der Waals surface area (Å²) in [6, 6.07) is 4.11. The summed E-state index contributed by atoms with van der Waals surface area (Å²) >= 11 is 0. The van der Waals surface area contributed by atoms with Gasteiger partial charge in [0.15, 0.2) is 0 Å². The lowest BCUT2D eigenvalue weighted by Gasteiger charge is -2.13. The number of hydrogen-bond donors (Lipinski definition) is 1. The molecule has 8 nitrogen and oxygen atoms in total. The molecule has 2 heterocycles. The minimum Gasteiger partial charge on any atom is -0.433 e. The summed E-state index contributed by atoms with van der Waals surface area (Å²) in [5.74, 6) is -0.00351. The van der Waals surface area contributed by atoms with Crippen molar-refractivity contribution in [3.8, 4) is 6.07 Å². The first-order valence-electron chi connectivity index (χ1n) is 5.82. The highest BCUT2D eigenvalue weighted by molar-refractivity contribution is 7.89. The molecular formula is C10H13N3O5S2. The number of nitriles is 1. The largest absolute Gasteiger partial charge is 0.433 e. The van der Waals surface area contributed by atoms with E-state index < -0.39 is 20.0 Å². The van der Waals surface area contributed by atoms with Crippen LogP contribution in [-0.4, -0.2) is 46.5 Å². The van der Waals surface area contributed by atoms with Crippen molar-refractivity contribution < 1.29 is 21.3 Å². The second kappa shape index (κ2) is 5.53. The van der Waals surface area contributed by atoms with E-state index in [0.29, 0.717) is 13.0 Å². The van der Waals surface area contributed by atoms with Crippen LogP contribution in [0.5, 0.6) is 0 Å². The Kier molecular flexibility index (Phi) is 4.14. The molecule has 0 saturated carbocycles. The molecule has 0 atom stereocenters. The van der Waals surface area contributed by atoms with Gasteiger partial charge in [0.2, 0.25) is 20.9 Å². The van der Waals surface area contributed by atoms with Crippen molar-refractivity contribution in [2.45, 2.75) is 11.5 Å². The molecule has 1 aromatic rings. The van der Waals surface area contributed by atoms with Crippen LogP contribution in [0.4, 0.5) is 0 Å². The molecule has 10 heteroatoms. The lowest BCUT2D eigenvalue weighted by atomic mass is 10.5. The van der Waals surface area contributed by atoms with Crippen molar-refractivity contribution in [2.75, 3.05) is 25.4 Å². The zero-order chi connectivity index (χ0) is 14.8. The van der Waals surface area contributed by atoms with Crippen LogP contribution in [-0.2, 0) is 20.0 Å². The second-order valence-corrected chi connectivity index (χ2v) is 7.98. The summed E-state index contributed by atoms with van der Waals surface area (Å²) in [4.78, 5) is 0. The number of rotatable bonds is 5. The maximum Gasteiger partial charge on any atom is 0.274 e. The van der Waals surface area contributed by atoms with Gasteiger partial charge in [-0.1, -0.05) is 0 Å². The van der Waals surface area contributed by atoms with E-state index in [-0.39, 0.29) is 29.7 Å². The first-order chi connectivity index (χ1) is 9.35. The zero-order valence-corrected chi connectivity index (χ0v) is 12.1. The minimum absolute atomic E-state index is 0.0514. The fourth-order valence-electron chi connectivity index (χ4n) is 1.84. The Labute approximate surface area is 117 Å². The smallest absolute Gasteiger partial charge is 0.274 e. The number of furan rings is 1. The van der Waals surface area contributed by atoms with E-state index in [0.717, 1.165) is 0 Å². The normalized spacial score (nSPS) is 18.9. The Hall–Kier alpha value is -1.41. The highest BCUT2D eigenvalue weighted by Gasteiger charge is 2.28. The van der Waals surface area contributed by atoms with Crippen molar-refractivity contribution in [2.24, 2.45) is 0 Å². The summed E-state index contributed by atoms with van der Waals surface area (Å²) in [7, 11) is -7.11. The molecule has 0 bridgehead atoms. The molecule has 0 aromatic carbocycles. The highest BCUT2D eigenvalue weighted by atomic mass is 32.2. The third-order valence-electron chi connectivity index (χ3n) is 2.81. The van der Waals surface area contributed by atoms with Gasteiger partial charge in [-0.2, -0.15) is 5.26 Å². The van der Waals surface area contributed by atoms with Gasteiger partial charge in [-0.15, -0.1) is 0 Å². The van der Waals surface area contributed by atoms with E-state index in [2.05, 4.69) is 4.72 Å². The molecule has 1 aliphatic heterocycles. The van der Waals surface area contributed by atoms with Crippen LogP contribution < -0.4 is 4.72 Å². The van der Waals surface area contributed by atoms with E-state index in [1.807, 2.05) is 0 Å². The molecule has 1 aromatic heterocycles. The Morgan fingerprint density at radius 2 is 2.20 bits per heavy atom. The maximum atomic E-state index is 11.8. The molecule has 1 N–H and O–H groups in total. The third kappa shape index (κ3) is 3.18. The Balaban J connectivity index is 1.95. The van der Waals surface area contributed by atoms with Crippen LogP contribution in [0.1, 0.15) is 12.2 Å². The lowest BCUT2D eigenvalue weighted by molar-refractivity contribution is 0.427. The van der Waals surface area contributed by atoms with Crippen LogP contribution in [0.15, 0.2) is 21.6 Å². The number of nitrogens with one attached hydrogen (secondary N) is 1. The monoisotopic (exact) mass is 319 g/mol. The molecule has 2 rings (SSSR count). The molecule has 0 radical (unpaired) electrons. The van der Waals surface area contributed by atoms with Gasteiger partial charge in [-0.3, -0.25) is 0 Å². The van der Waals surface area contributed by atoms with E-state index >= 15 is 0 Å². The number of nitrogens with zero attached hydrogens (tertiary/aromatic N) is 2. The van der Waals surface area contributed by atoms with Gasteiger partial charge in [0.25, 0.3) is 10.0 Å². The average molecular weight is 319 g/mol. The van der Waals surface area contributed by atoms with Gasteiger partial charge >= 0.3 is 0 Å². The average Bonchev–Trinajstić information content (AvgIpc) is 2.96. The molecule has 1 saturated heterocycles. The molecule has 0 unspecified atom stereocenters. The van der Waals surface area contributed by atoms with Crippen LogP contribution in [0.3, 0.4) is 0 Å². The van der Waals surface area contributed by atoms with Crippen LogP contribution in [0.2, 0.25) is 0 Å². The van der Waals surface area contributed by atoms with Gasteiger partial charge in [0.1, 0.15) is 6.07 Å². The third-order valence-corrected chi connectivity index (χ3v) is 6.10. The zero-order valence-electron chi connectivity index (χ0n) is 10.4. The van der Waals surface area contributed by atoms with Crippen molar-refractivity contribution in [3.05, 3.63) is 17.9 Å². The first kappa shape index (κ1) is 15.0. The fourth-order valence-corrected chi connectivity index (χ4v) is 4.32. The highest BCUT2D eigenvalue weighted by Crippen LogP contribution is 2.14.